The third kappa shape index (κ3) is 17.8. The van der Waals surface area contributed by atoms with Gasteiger partial charge < -0.3 is 25.6 Å². The minimum absolute atomic E-state index is 0.0395. The van der Waals surface area contributed by atoms with E-state index in [-0.39, 0.29) is 25.7 Å². The van der Waals surface area contributed by atoms with E-state index in [9.17, 15) is 24.0 Å². The van der Waals surface area contributed by atoms with Crippen LogP contribution in [0.2, 0.25) is 0 Å². The van der Waals surface area contributed by atoms with E-state index >= 15 is 0 Å². The zero-order valence-electron chi connectivity index (χ0n) is 27.0. The lowest BCUT2D eigenvalue weighted by molar-refractivity contribution is -0.155. The molecule has 0 saturated carbocycles. The minimum Gasteiger partial charge on any atom is -0.481 e. The molecule has 248 valence electrons. The molecule has 0 aromatic carbocycles. The van der Waals surface area contributed by atoms with E-state index in [1.54, 1.807) is 20.8 Å². The van der Waals surface area contributed by atoms with Gasteiger partial charge in [0.05, 0.1) is 6.42 Å². The molecule has 1 heterocycles. The average Bonchev–Trinajstić information content (AvgIpc) is 3.40. The van der Waals surface area contributed by atoms with Crippen LogP contribution in [0.5, 0.6) is 0 Å². The number of ether oxygens (including phenoxy) is 2. The predicted octanol–water partition coefficient (Wildman–Crippen LogP) is 5.61. The smallest absolute Gasteiger partial charge is 0.410 e. The highest BCUT2D eigenvalue weighted by Crippen LogP contribution is 2.22. The number of amides is 3. The van der Waals surface area contributed by atoms with Crippen molar-refractivity contribution in [1.82, 2.24) is 10.2 Å². The fourth-order valence-corrected chi connectivity index (χ4v) is 5.26. The van der Waals surface area contributed by atoms with Crippen molar-refractivity contribution in [2.75, 3.05) is 6.54 Å². The van der Waals surface area contributed by atoms with Crippen LogP contribution in [0.15, 0.2) is 0 Å². The maximum Gasteiger partial charge on any atom is 0.410 e. The Bertz CT molecular complexity index is 873. The second-order valence-corrected chi connectivity index (χ2v) is 12.7. The zero-order chi connectivity index (χ0) is 32.3. The third-order valence-corrected chi connectivity index (χ3v) is 7.51. The third-order valence-electron chi connectivity index (χ3n) is 7.51. The Hall–Kier alpha value is -2.85. The summed E-state index contributed by atoms with van der Waals surface area (Å²) in [5, 5.41) is 11.8. The number of nitrogens with zero attached hydrogens (tertiary/aromatic N) is 1. The highest BCUT2D eigenvalue weighted by atomic mass is 16.6. The first-order chi connectivity index (χ1) is 20.3. The number of aliphatic carboxylic acids is 1. The number of carboxylic acids is 1. The monoisotopic (exact) mass is 611 g/mol. The van der Waals surface area contributed by atoms with Gasteiger partial charge in [0.25, 0.3) is 0 Å². The molecule has 0 unspecified atom stereocenters. The van der Waals surface area contributed by atoms with Crippen LogP contribution >= 0.6 is 0 Å². The Labute approximate surface area is 258 Å². The number of nitrogens with two attached hydrogens (primary N) is 1. The van der Waals surface area contributed by atoms with Gasteiger partial charge in [0.15, 0.2) is 0 Å². The van der Waals surface area contributed by atoms with Gasteiger partial charge in [-0.2, -0.15) is 0 Å². The molecule has 43 heavy (non-hydrogen) atoms. The second-order valence-electron chi connectivity index (χ2n) is 12.7. The van der Waals surface area contributed by atoms with Gasteiger partial charge in [-0.1, -0.05) is 71.1 Å². The van der Waals surface area contributed by atoms with Crippen LogP contribution in [0.1, 0.15) is 143 Å². The van der Waals surface area contributed by atoms with Crippen LogP contribution in [0.25, 0.3) is 0 Å². The fraction of sp³-hybridized carbons (Fsp3) is 0.844. The molecule has 0 spiro atoms. The summed E-state index contributed by atoms with van der Waals surface area (Å²) >= 11 is 0. The summed E-state index contributed by atoms with van der Waals surface area (Å²) in [4.78, 5) is 63.3. The van der Waals surface area contributed by atoms with E-state index in [1.807, 2.05) is 0 Å². The molecule has 0 aromatic rings. The lowest BCUT2D eigenvalue weighted by Gasteiger charge is -2.29. The van der Waals surface area contributed by atoms with Crippen molar-refractivity contribution < 1.29 is 38.6 Å². The molecule has 0 aliphatic carbocycles. The number of carboxylic acid groups (broad SMARTS) is 1. The van der Waals surface area contributed by atoms with Gasteiger partial charge in [-0.25, -0.2) is 9.59 Å². The minimum atomic E-state index is -1.12. The van der Waals surface area contributed by atoms with Crippen molar-refractivity contribution in [3.05, 3.63) is 0 Å². The van der Waals surface area contributed by atoms with E-state index < -0.39 is 53.6 Å². The Kier molecular flexibility index (Phi) is 18.6. The maximum atomic E-state index is 13.2. The summed E-state index contributed by atoms with van der Waals surface area (Å²) in [6.45, 7) is 7.78. The Morgan fingerprint density at radius 1 is 0.907 bits per heavy atom. The molecule has 1 aliphatic heterocycles. The number of hydrogen-bond donors (Lipinski definition) is 3. The first-order valence-electron chi connectivity index (χ1n) is 16.3. The van der Waals surface area contributed by atoms with Crippen molar-refractivity contribution in [1.29, 1.82) is 0 Å². The summed E-state index contributed by atoms with van der Waals surface area (Å²) in [7, 11) is 0. The number of esters is 1. The van der Waals surface area contributed by atoms with E-state index in [1.165, 1.54) is 49.8 Å². The Morgan fingerprint density at radius 2 is 1.49 bits per heavy atom. The van der Waals surface area contributed by atoms with Gasteiger partial charge in [0, 0.05) is 13.0 Å². The average molecular weight is 612 g/mol. The van der Waals surface area contributed by atoms with E-state index in [4.69, 9.17) is 20.3 Å². The normalized spacial score (nSPS) is 16.4. The van der Waals surface area contributed by atoms with Crippen molar-refractivity contribution in [2.24, 2.45) is 5.73 Å². The van der Waals surface area contributed by atoms with Gasteiger partial charge in [0.2, 0.25) is 11.8 Å². The lowest BCUT2D eigenvalue weighted by atomic mass is 10.0. The zero-order valence-corrected chi connectivity index (χ0v) is 27.0. The van der Waals surface area contributed by atoms with Crippen molar-refractivity contribution in [2.45, 2.75) is 167 Å². The number of nitrogens with one attached hydrogen (secondary N) is 1. The number of carbonyl (C=O) groups is 5. The van der Waals surface area contributed by atoms with E-state index in [0.717, 1.165) is 25.7 Å². The van der Waals surface area contributed by atoms with Gasteiger partial charge in [-0.3, -0.25) is 19.3 Å². The van der Waals surface area contributed by atoms with Gasteiger partial charge in [-0.15, -0.1) is 0 Å². The van der Waals surface area contributed by atoms with Gasteiger partial charge in [-0.05, 0) is 59.3 Å². The van der Waals surface area contributed by atoms with Crippen molar-refractivity contribution in [3.8, 4) is 0 Å². The van der Waals surface area contributed by atoms with Crippen LogP contribution in [0, 0.1) is 0 Å². The largest absolute Gasteiger partial charge is 0.481 e. The number of hydrogen-bond acceptors (Lipinski definition) is 7. The molecule has 1 fully saturated rings. The van der Waals surface area contributed by atoms with Crippen LogP contribution in [-0.2, 0) is 28.7 Å². The number of likely N-dealkylation sites (tertiary alicyclic amines) is 1. The summed E-state index contributed by atoms with van der Waals surface area (Å²) in [5.41, 5.74) is 4.69. The fourth-order valence-electron chi connectivity index (χ4n) is 5.26. The molecule has 3 atom stereocenters. The number of unbranched alkanes of at least 4 members (excludes halogenated alkanes) is 10. The lowest BCUT2D eigenvalue weighted by Crippen LogP contribution is -2.52. The first-order valence-corrected chi connectivity index (χ1v) is 16.3. The summed E-state index contributed by atoms with van der Waals surface area (Å²) in [5.74, 6) is -2.88. The molecule has 1 aliphatic rings. The van der Waals surface area contributed by atoms with Crippen molar-refractivity contribution >= 4 is 29.8 Å². The molecule has 3 amide bonds. The molecule has 11 nitrogen and oxygen atoms in total. The Morgan fingerprint density at radius 3 is 2.02 bits per heavy atom. The number of rotatable bonds is 22. The molecule has 1 saturated heterocycles. The molecule has 4 N–H and O–H groups in total. The second kappa shape index (κ2) is 21.0. The molecular formula is C32H57N3O8. The van der Waals surface area contributed by atoms with Gasteiger partial charge in [0.1, 0.15) is 23.8 Å². The molecule has 1 rings (SSSR count). The van der Waals surface area contributed by atoms with Gasteiger partial charge >= 0.3 is 18.0 Å². The Balaban J connectivity index is 2.70. The highest BCUT2D eigenvalue weighted by Gasteiger charge is 2.38. The van der Waals surface area contributed by atoms with E-state index in [2.05, 4.69) is 12.2 Å². The summed E-state index contributed by atoms with van der Waals surface area (Å²) in [6.07, 6.45) is 12.8. The highest BCUT2D eigenvalue weighted by molar-refractivity contribution is 5.90. The molecule has 0 bridgehead atoms. The molecular weight excluding hydrogens is 554 g/mol. The van der Waals surface area contributed by atoms with Crippen LogP contribution in [-0.4, -0.2) is 70.2 Å². The predicted molar refractivity (Wildman–Crippen MR) is 164 cm³/mol. The quantitative estimate of drug-likeness (QED) is 0.105. The molecule has 0 aromatic heterocycles. The summed E-state index contributed by atoms with van der Waals surface area (Å²) in [6, 6.07) is -1.94. The van der Waals surface area contributed by atoms with Crippen LogP contribution in [0.4, 0.5) is 4.79 Å². The molecule has 11 heteroatoms. The van der Waals surface area contributed by atoms with E-state index in [0.29, 0.717) is 25.8 Å². The standard InChI is InChI=1S/C32H57N3O8/c1-5-6-7-8-9-10-11-12-13-14-15-18-24(23-27(33)36)42-30(40)25(19-16-21-28(37)38)34-29(39)26-20-17-22-35(26)31(41)43-32(2,3)4/h24-26H,5-23H2,1-4H3,(H2,33,36)(H,34,39)(H,37,38)/t24-,25-,26-/m0/s1. The van der Waals surface area contributed by atoms with Crippen LogP contribution < -0.4 is 11.1 Å². The number of primary amides is 1. The summed E-state index contributed by atoms with van der Waals surface area (Å²) < 4.78 is 11.1. The SMILES string of the molecule is CCCCCCCCCCCCC[C@@H](CC(N)=O)OC(=O)[C@H](CCCC(=O)O)NC(=O)[C@@H]1CCCN1C(=O)OC(C)(C)C. The molecule has 0 radical (unpaired) electrons. The van der Waals surface area contributed by atoms with Crippen molar-refractivity contribution in [3.63, 3.8) is 0 Å². The maximum absolute atomic E-state index is 13.2. The topological polar surface area (TPSA) is 165 Å². The number of carbonyl (C=O) groups excluding carboxylic acids is 4. The first kappa shape index (κ1) is 38.2. The van der Waals surface area contributed by atoms with Crippen LogP contribution in [0.3, 0.4) is 0 Å².